The van der Waals surface area contributed by atoms with Crippen LogP contribution in [0.15, 0.2) is 54.6 Å². The van der Waals surface area contributed by atoms with E-state index in [0.717, 1.165) is 41.3 Å². The van der Waals surface area contributed by atoms with Crippen LogP contribution in [0.25, 0.3) is 21.9 Å². The van der Waals surface area contributed by atoms with E-state index in [0.29, 0.717) is 54.2 Å². The Balaban J connectivity index is 1.05. The minimum atomic E-state index is -1.31. The van der Waals surface area contributed by atoms with Gasteiger partial charge in [-0.1, -0.05) is 39.8 Å². The Morgan fingerprint density at radius 3 is 1.77 bits per heavy atom. The highest BCUT2D eigenvalue weighted by Gasteiger charge is 2.44. The molecule has 0 bridgehead atoms. The number of nitrogens with zero attached hydrogens (tertiary/aromatic N) is 5. The van der Waals surface area contributed by atoms with Crippen molar-refractivity contribution in [1.82, 2.24) is 35.4 Å². The number of likely N-dealkylation sites (tertiary alicyclic amines) is 2. The van der Waals surface area contributed by atoms with Crippen LogP contribution in [0.2, 0.25) is 0 Å². The van der Waals surface area contributed by atoms with Crippen LogP contribution in [-0.2, 0) is 19.1 Å². The molecule has 2 aromatic heterocycles. The number of carbonyl (C=O) groups is 4. The number of hydrogen-bond acceptors (Lipinski definition) is 9. The second-order valence-corrected chi connectivity index (χ2v) is 20.2. The van der Waals surface area contributed by atoms with Gasteiger partial charge in [0.25, 0.3) is 0 Å². The van der Waals surface area contributed by atoms with Crippen molar-refractivity contribution in [1.29, 1.82) is 0 Å². The first-order valence-corrected chi connectivity index (χ1v) is 24.8. The third-order valence-electron chi connectivity index (χ3n) is 14.8. The van der Waals surface area contributed by atoms with Crippen molar-refractivity contribution in [3.8, 4) is 0 Å². The first-order valence-electron chi connectivity index (χ1n) is 24.8. The number of benzene rings is 3. The fraction of sp³-hybridized carbons (Fsp3) is 0.519. The van der Waals surface area contributed by atoms with Crippen molar-refractivity contribution in [3.63, 3.8) is 0 Å². The average Bonchev–Trinajstić information content (AvgIpc) is 4.20. The van der Waals surface area contributed by atoms with Gasteiger partial charge in [0.05, 0.1) is 62.5 Å². The first-order chi connectivity index (χ1) is 34.0. The number of piperidine rings is 1. The number of H-pyrrole nitrogens is 2. The highest BCUT2D eigenvalue weighted by Crippen LogP contribution is 2.49. The van der Waals surface area contributed by atoms with Gasteiger partial charge in [-0.05, 0) is 97.5 Å². The number of imidazole rings is 1. The van der Waals surface area contributed by atoms with Crippen molar-refractivity contribution >= 4 is 57.3 Å². The van der Waals surface area contributed by atoms with E-state index < -0.39 is 72.1 Å². The summed E-state index contributed by atoms with van der Waals surface area (Å²) in [5.41, 5.74) is 4.69. The lowest BCUT2D eigenvalue weighted by Crippen LogP contribution is -2.51. The highest BCUT2D eigenvalue weighted by atomic mass is 19.1. The zero-order valence-corrected chi connectivity index (χ0v) is 40.9. The molecule has 4 aliphatic heterocycles. The third kappa shape index (κ3) is 9.80. The summed E-state index contributed by atoms with van der Waals surface area (Å²) in [5.74, 6) is -2.35. The zero-order valence-electron chi connectivity index (χ0n) is 40.9. The molecule has 4 amide bonds. The number of amides is 4. The number of hydrogen-bond donors (Lipinski definition) is 4. The van der Waals surface area contributed by atoms with E-state index >= 15 is 17.6 Å². The second kappa shape index (κ2) is 20.3. The Morgan fingerprint density at radius 2 is 1.21 bits per heavy atom. The van der Waals surface area contributed by atoms with Crippen molar-refractivity contribution in [2.45, 2.75) is 121 Å². The molecule has 0 aliphatic carbocycles. The molecule has 0 spiro atoms. The molecule has 4 fully saturated rings. The van der Waals surface area contributed by atoms with E-state index in [9.17, 15) is 19.2 Å². The van der Waals surface area contributed by atoms with Gasteiger partial charge in [-0.2, -0.15) is 0 Å². The summed E-state index contributed by atoms with van der Waals surface area (Å²) in [7, 11) is 2.43. The molecule has 9 rings (SSSR count). The summed E-state index contributed by atoms with van der Waals surface area (Å²) < 4.78 is 72.8. The zero-order chi connectivity index (χ0) is 50.4. The van der Waals surface area contributed by atoms with Gasteiger partial charge in [-0.25, -0.2) is 32.1 Å². The Bertz CT molecular complexity index is 2620. The summed E-state index contributed by atoms with van der Waals surface area (Å²) in [6.45, 7) is 8.00. The molecule has 0 saturated carbocycles. The van der Waals surface area contributed by atoms with Gasteiger partial charge < -0.3 is 49.7 Å². The van der Waals surface area contributed by atoms with Gasteiger partial charge in [0.2, 0.25) is 11.8 Å². The molecule has 0 radical (unpaired) electrons. The summed E-state index contributed by atoms with van der Waals surface area (Å²) in [4.78, 5) is 70.6. The van der Waals surface area contributed by atoms with E-state index in [1.165, 1.54) is 36.2 Å². The lowest BCUT2D eigenvalue weighted by Gasteiger charge is -2.35. The Morgan fingerprint density at radius 1 is 0.676 bits per heavy atom. The molecular formula is C52H63F4N9O6. The number of aromatic amines is 2. The monoisotopic (exact) mass is 985 g/mol. The molecule has 380 valence electrons. The Kier molecular flexibility index (Phi) is 14.1. The molecule has 3 aromatic carbocycles. The molecule has 4 N–H and O–H groups in total. The molecule has 4 saturated heterocycles. The molecule has 4 aliphatic rings. The molecule has 5 aromatic rings. The predicted octanol–water partition coefficient (Wildman–Crippen LogP) is 9.38. The summed E-state index contributed by atoms with van der Waals surface area (Å²) >= 11 is 0. The molecular weight excluding hydrogens is 923 g/mol. The van der Waals surface area contributed by atoms with E-state index in [1.807, 2.05) is 42.5 Å². The van der Waals surface area contributed by atoms with E-state index in [1.54, 1.807) is 32.6 Å². The SMILES string of the molecule is COC(=O)N[C@H](C(=O)N1C[C@H](F)CC1c1nc2cc([C@H]3CC[C@H](c4ccc5[nH]c([C@@H]6C[C@@H](F)CN6C(=O)[C@@H](NC(=O)OC)C(C)C)cc5c4)N3c3cc(F)c(N4CCCCC4)c(F)c3)ccc2[nH]1)C(C)C. The van der Waals surface area contributed by atoms with E-state index in [-0.39, 0.29) is 55.5 Å². The quantitative estimate of drug-likeness (QED) is 0.0891. The van der Waals surface area contributed by atoms with Gasteiger partial charge in [0, 0.05) is 48.2 Å². The molecule has 15 nitrogen and oxygen atoms in total. The topological polar surface area (TPSA) is 168 Å². The lowest BCUT2D eigenvalue weighted by molar-refractivity contribution is -0.136. The first kappa shape index (κ1) is 49.5. The van der Waals surface area contributed by atoms with Gasteiger partial charge in [0.15, 0.2) is 11.6 Å². The number of halogens is 4. The van der Waals surface area contributed by atoms with E-state index in [4.69, 9.17) is 14.5 Å². The molecule has 19 heteroatoms. The maximum absolute atomic E-state index is 16.4. The minimum Gasteiger partial charge on any atom is -0.453 e. The standard InChI is InChI=1S/C52H63F4N9O6/c1-27(2)45(60-51(68)70-5)49(66)63-25-32(53)21-43(63)40-20-31-18-29(10-12-37(31)57-40)41-14-15-42(65(41)34-23-35(55)47(36(56)24-34)62-16-8-7-9-17-62)30-11-13-38-39(19-30)59-48(58-38)44-22-33(54)26-64(44)50(67)46(28(3)4)61-52(69)71-6/h10-13,18-20,23-24,27-28,32-33,41-46,57H,7-9,14-17,21-22,25-26H2,1-6H3,(H,58,59)(H,60,68)(H,61,69)/t32-,33-,41-,42-,43+,44?,45+,46+/m1/s1. The number of fused-ring (bicyclic) bond motifs is 2. The number of methoxy groups -OCH3 is 2. The van der Waals surface area contributed by atoms with Crippen LogP contribution >= 0.6 is 0 Å². The van der Waals surface area contributed by atoms with Gasteiger partial charge in [-0.3, -0.25) is 9.59 Å². The van der Waals surface area contributed by atoms with Crippen LogP contribution in [0.4, 0.5) is 38.5 Å². The number of anilines is 2. The van der Waals surface area contributed by atoms with Crippen molar-refractivity contribution in [2.75, 3.05) is 50.2 Å². The van der Waals surface area contributed by atoms with Crippen LogP contribution in [0.3, 0.4) is 0 Å². The van der Waals surface area contributed by atoms with Crippen LogP contribution in [0, 0.1) is 23.5 Å². The van der Waals surface area contributed by atoms with E-state index in [2.05, 4.69) is 25.5 Å². The lowest BCUT2D eigenvalue weighted by atomic mass is 10.0. The third-order valence-corrected chi connectivity index (χ3v) is 14.8. The fourth-order valence-corrected chi connectivity index (χ4v) is 11.3. The van der Waals surface area contributed by atoms with Crippen LogP contribution in [0.5, 0.6) is 0 Å². The van der Waals surface area contributed by atoms with Gasteiger partial charge in [0.1, 0.15) is 35.9 Å². The number of alkyl halides is 2. The Labute approximate surface area is 410 Å². The van der Waals surface area contributed by atoms with Gasteiger partial charge in [-0.15, -0.1) is 0 Å². The average molecular weight is 986 g/mol. The molecule has 6 heterocycles. The largest absolute Gasteiger partial charge is 0.453 e. The minimum absolute atomic E-state index is 0.0115. The molecule has 8 atom stereocenters. The number of ether oxygens (including phenoxy) is 2. The maximum Gasteiger partial charge on any atom is 0.407 e. The predicted molar refractivity (Wildman–Crippen MR) is 260 cm³/mol. The number of rotatable bonds is 12. The summed E-state index contributed by atoms with van der Waals surface area (Å²) in [6.07, 6.45) is -0.116. The number of alkyl carbamates (subject to hydrolysis) is 2. The Hall–Kier alpha value is -6.53. The molecule has 1 unspecified atom stereocenters. The maximum atomic E-state index is 16.4. The summed E-state index contributed by atoms with van der Waals surface area (Å²) in [6, 6.07) is 12.5. The number of nitrogens with one attached hydrogen (secondary N) is 4. The summed E-state index contributed by atoms with van der Waals surface area (Å²) in [5, 5.41) is 6.01. The number of aromatic nitrogens is 3. The van der Waals surface area contributed by atoms with Crippen molar-refractivity contribution < 1.29 is 46.2 Å². The second-order valence-electron chi connectivity index (χ2n) is 20.2. The normalized spacial score (nSPS) is 23.5. The fourth-order valence-electron chi connectivity index (χ4n) is 11.3. The van der Waals surface area contributed by atoms with Crippen LogP contribution in [0.1, 0.15) is 119 Å². The van der Waals surface area contributed by atoms with Crippen molar-refractivity contribution in [3.05, 3.63) is 88.9 Å². The van der Waals surface area contributed by atoms with Gasteiger partial charge >= 0.3 is 12.2 Å². The smallest absolute Gasteiger partial charge is 0.407 e. The highest BCUT2D eigenvalue weighted by molar-refractivity contribution is 5.88. The van der Waals surface area contributed by atoms with Crippen molar-refractivity contribution in [2.24, 2.45) is 11.8 Å². The number of carbonyl (C=O) groups excluding carboxylic acids is 4. The van der Waals surface area contributed by atoms with Crippen LogP contribution < -0.4 is 20.4 Å². The van der Waals surface area contributed by atoms with Crippen LogP contribution in [-0.4, -0.2) is 114 Å². The molecule has 71 heavy (non-hydrogen) atoms.